The van der Waals surface area contributed by atoms with Crippen molar-refractivity contribution >= 4 is 8.80 Å². The molecule has 0 radical (unpaired) electrons. The van der Waals surface area contributed by atoms with Gasteiger partial charge in [-0.25, -0.2) is 0 Å². The highest BCUT2D eigenvalue weighted by Gasteiger charge is 2.45. The molecule has 1 saturated carbocycles. The molecule has 17 heavy (non-hydrogen) atoms. The van der Waals surface area contributed by atoms with Gasteiger partial charge in [-0.05, 0) is 18.8 Å². The Morgan fingerprint density at radius 3 is 2.06 bits per heavy atom. The van der Waals surface area contributed by atoms with Crippen LogP contribution in [0, 0.1) is 5.92 Å². The molecule has 102 valence electrons. The quantitative estimate of drug-likeness (QED) is 0.713. The van der Waals surface area contributed by atoms with E-state index in [9.17, 15) is 0 Å². The highest BCUT2D eigenvalue weighted by molar-refractivity contribution is 6.62. The SMILES string of the molecule is CO[Si](OC)(OC)C(N)CCC1CCCCC1. The minimum Gasteiger partial charge on any atom is -0.376 e. The smallest absolute Gasteiger partial charge is 0.376 e. The van der Waals surface area contributed by atoms with Crippen LogP contribution in [-0.2, 0) is 13.3 Å². The van der Waals surface area contributed by atoms with Crippen LogP contribution in [0.3, 0.4) is 0 Å². The lowest BCUT2D eigenvalue weighted by atomic mass is 9.86. The summed E-state index contributed by atoms with van der Waals surface area (Å²) in [4.78, 5) is 0. The molecule has 0 aliphatic heterocycles. The van der Waals surface area contributed by atoms with Crippen molar-refractivity contribution in [3.05, 3.63) is 0 Å². The van der Waals surface area contributed by atoms with E-state index >= 15 is 0 Å². The normalized spacial score (nSPS) is 20.5. The molecule has 5 heteroatoms. The van der Waals surface area contributed by atoms with Crippen LogP contribution < -0.4 is 5.73 Å². The fourth-order valence-corrected chi connectivity index (χ4v) is 4.70. The Kier molecular flexibility index (Phi) is 6.65. The van der Waals surface area contributed by atoms with E-state index in [1.807, 2.05) is 0 Å². The van der Waals surface area contributed by atoms with Gasteiger partial charge in [0.05, 0.1) is 5.67 Å². The second-order valence-electron chi connectivity index (χ2n) is 4.90. The summed E-state index contributed by atoms with van der Waals surface area (Å²) in [6.45, 7) is 0. The van der Waals surface area contributed by atoms with Gasteiger partial charge < -0.3 is 19.0 Å². The maximum Gasteiger partial charge on any atom is 0.517 e. The number of hydrogen-bond acceptors (Lipinski definition) is 4. The number of hydrogen-bond donors (Lipinski definition) is 1. The van der Waals surface area contributed by atoms with E-state index in [0.29, 0.717) is 0 Å². The van der Waals surface area contributed by atoms with Crippen LogP contribution in [0.2, 0.25) is 0 Å². The predicted molar refractivity (Wildman–Crippen MR) is 70.6 cm³/mol. The van der Waals surface area contributed by atoms with Crippen molar-refractivity contribution in [3.63, 3.8) is 0 Å². The molecular weight excluding hydrogens is 234 g/mol. The Morgan fingerprint density at radius 1 is 1.06 bits per heavy atom. The molecule has 0 bridgehead atoms. The lowest BCUT2D eigenvalue weighted by Crippen LogP contribution is -2.58. The first-order valence-corrected chi connectivity index (χ1v) is 8.39. The number of rotatable bonds is 7. The van der Waals surface area contributed by atoms with Gasteiger partial charge in [-0.15, -0.1) is 0 Å². The van der Waals surface area contributed by atoms with Crippen LogP contribution in [0.1, 0.15) is 44.9 Å². The highest BCUT2D eigenvalue weighted by Crippen LogP contribution is 2.28. The van der Waals surface area contributed by atoms with E-state index in [-0.39, 0.29) is 5.67 Å². The Morgan fingerprint density at radius 2 is 1.59 bits per heavy atom. The van der Waals surface area contributed by atoms with Crippen molar-refractivity contribution in [2.75, 3.05) is 21.3 Å². The van der Waals surface area contributed by atoms with Gasteiger partial charge >= 0.3 is 8.80 Å². The molecule has 0 aromatic heterocycles. The van der Waals surface area contributed by atoms with Crippen molar-refractivity contribution < 1.29 is 13.3 Å². The van der Waals surface area contributed by atoms with Gasteiger partial charge in [0, 0.05) is 21.3 Å². The van der Waals surface area contributed by atoms with E-state index in [1.165, 1.54) is 38.5 Å². The average molecular weight is 261 g/mol. The summed E-state index contributed by atoms with van der Waals surface area (Å²) >= 11 is 0. The first-order chi connectivity index (χ1) is 8.18. The third kappa shape index (κ3) is 4.03. The maximum atomic E-state index is 6.19. The molecule has 2 N–H and O–H groups in total. The van der Waals surface area contributed by atoms with Gasteiger partial charge in [-0.3, -0.25) is 0 Å². The summed E-state index contributed by atoms with van der Waals surface area (Å²) in [5, 5.41) is 0. The Bertz CT molecular complexity index is 198. The van der Waals surface area contributed by atoms with E-state index < -0.39 is 8.80 Å². The summed E-state index contributed by atoms with van der Waals surface area (Å²) in [5.74, 6) is 0.840. The van der Waals surface area contributed by atoms with Crippen molar-refractivity contribution in [3.8, 4) is 0 Å². The first kappa shape index (κ1) is 15.1. The molecule has 1 aliphatic rings. The third-order valence-corrected chi connectivity index (χ3v) is 6.82. The molecule has 0 saturated heterocycles. The predicted octanol–water partition coefficient (Wildman–Crippen LogP) is 2.09. The van der Waals surface area contributed by atoms with Crippen LogP contribution in [0.4, 0.5) is 0 Å². The molecular formula is C12H27NO3Si. The second kappa shape index (κ2) is 7.48. The summed E-state index contributed by atoms with van der Waals surface area (Å²) < 4.78 is 16.2. The number of nitrogens with two attached hydrogens (primary N) is 1. The minimum absolute atomic E-state index is 0.107. The van der Waals surface area contributed by atoms with E-state index in [1.54, 1.807) is 21.3 Å². The van der Waals surface area contributed by atoms with E-state index in [0.717, 1.165) is 12.3 Å². The van der Waals surface area contributed by atoms with Gasteiger partial charge in [-0.2, -0.15) is 0 Å². The summed E-state index contributed by atoms with van der Waals surface area (Å²) in [5.41, 5.74) is 6.08. The highest BCUT2D eigenvalue weighted by atomic mass is 28.4. The van der Waals surface area contributed by atoms with E-state index in [2.05, 4.69) is 0 Å². The lowest BCUT2D eigenvalue weighted by Gasteiger charge is -2.31. The zero-order chi connectivity index (χ0) is 12.7. The zero-order valence-corrected chi connectivity index (χ0v) is 12.4. The fourth-order valence-electron chi connectivity index (χ4n) is 2.77. The molecule has 0 heterocycles. The van der Waals surface area contributed by atoms with Gasteiger partial charge in [-0.1, -0.05) is 32.1 Å². The first-order valence-electron chi connectivity index (χ1n) is 6.59. The molecule has 1 fully saturated rings. The molecule has 1 unspecified atom stereocenters. The van der Waals surface area contributed by atoms with Crippen molar-refractivity contribution in [2.24, 2.45) is 11.7 Å². The van der Waals surface area contributed by atoms with E-state index in [4.69, 9.17) is 19.0 Å². The largest absolute Gasteiger partial charge is 0.517 e. The topological polar surface area (TPSA) is 53.7 Å². The van der Waals surface area contributed by atoms with Gasteiger partial charge in [0.25, 0.3) is 0 Å². The summed E-state index contributed by atoms with van der Waals surface area (Å²) in [6.07, 6.45) is 8.97. The summed E-state index contributed by atoms with van der Waals surface area (Å²) in [6, 6.07) is 0. The Balaban J connectivity index is 2.38. The molecule has 0 amide bonds. The monoisotopic (exact) mass is 261 g/mol. The molecule has 4 nitrogen and oxygen atoms in total. The lowest BCUT2D eigenvalue weighted by molar-refractivity contribution is 0.110. The van der Waals surface area contributed by atoms with Crippen molar-refractivity contribution in [1.82, 2.24) is 0 Å². The molecule has 0 aromatic carbocycles. The third-order valence-electron chi connectivity index (χ3n) is 3.92. The Hall–Kier alpha value is 0.0569. The van der Waals surface area contributed by atoms with Crippen LogP contribution in [0.5, 0.6) is 0 Å². The summed E-state index contributed by atoms with van der Waals surface area (Å²) in [7, 11) is 2.25. The van der Waals surface area contributed by atoms with Crippen LogP contribution in [0.15, 0.2) is 0 Å². The zero-order valence-electron chi connectivity index (χ0n) is 11.4. The maximum absolute atomic E-state index is 6.19. The Labute approximate surface area is 106 Å². The van der Waals surface area contributed by atoms with Crippen molar-refractivity contribution in [1.29, 1.82) is 0 Å². The standard InChI is InChI=1S/C12H27NO3Si/c1-14-17(15-2,16-3)12(13)10-9-11-7-5-4-6-8-11/h11-12H,4-10,13H2,1-3H3. The van der Waals surface area contributed by atoms with Crippen LogP contribution >= 0.6 is 0 Å². The molecule has 1 atom stereocenters. The van der Waals surface area contributed by atoms with Crippen molar-refractivity contribution in [2.45, 2.75) is 50.6 Å². The molecule has 0 spiro atoms. The molecule has 0 aromatic rings. The van der Waals surface area contributed by atoms with Gasteiger partial charge in [0.15, 0.2) is 0 Å². The van der Waals surface area contributed by atoms with Gasteiger partial charge in [0.2, 0.25) is 0 Å². The molecule has 1 rings (SSSR count). The fraction of sp³-hybridized carbons (Fsp3) is 1.00. The molecule has 1 aliphatic carbocycles. The second-order valence-corrected chi connectivity index (χ2v) is 8.08. The average Bonchev–Trinajstić information content (AvgIpc) is 2.40. The van der Waals surface area contributed by atoms with Gasteiger partial charge in [0.1, 0.15) is 0 Å². The van der Waals surface area contributed by atoms with Crippen LogP contribution in [-0.4, -0.2) is 35.8 Å². The van der Waals surface area contributed by atoms with Crippen LogP contribution in [0.25, 0.3) is 0 Å². The minimum atomic E-state index is -2.63.